The molecular weight excluding hydrogens is 344 g/mol. The third kappa shape index (κ3) is 5.05. The lowest BCUT2D eigenvalue weighted by Gasteiger charge is -2.14. The van der Waals surface area contributed by atoms with Crippen LogP contribution in [-0.4, -0.2) is 17.0 Å². The summed E-state index contributed by atoms with van der Waals surface area (Å²) in [4.78, 5) is 16.9. The van der Waals surface area contributed by atoms with E-state index in [1.54, 1.807) is 11.3 Å². The van der Waals surface area contributed by atoms with Gasteiger partial charge < -0.3 is 10.1 Å². The first kappa shape index (κ1) is 18.4. The molecule has 0 spiro atoms. The van der Waals surface area contributed by atoms with Crippen LogP contribution >= 0.6 is 11.3 Å². The van der Waals surface area contributed by atoms with E-state index in [-0.39, 0.29) is 12.0 Å². The zero-order valence-electron chi connectivity index (χ0n) is 15.2. The second kappa shape index (κ2) is 8.81. The number of para-hydroxylation sites is 3. The van der Waals surface area contributed by atoms with E-state index in [2.05, 4.69) is 16.4 Å². The molecular formula is C21H24N2O2S. The van der Waals surface area contributed by atoms with Gasteiger partial charge in [-0.25, -0.2) is 4.98 Å². The average molecular weight is 369 g/mol. The van der Waals surface area contributed by atoms with Gasteiger partial charge in [-0.15, -0.1) is 11.3 Å². The summed E-state index contributed by atoms with van der Waals surface area (Å²) < 4.78 is 6.96. The Balaban J connectivity index is 1.46. The van der Waals surface area contributed by atoms with E-state index < -0.39 is 0 Å². The standard InChI is InChI=1S/C21H24N2O2S/c1-15(2)25-18-11-5-3-9-16(18)22-20(24)13-7-8-14-21-23-17-10-4-6-12-19(17)26-21/h3-6,9-12,15H,7-8,13-14H2,1-2H3,(H,22,24). The van der Waals surface area contributed by atoms with Gasteiger partial charge >= 0.3 is 0 Å². The molecule has 5 heteroatoms. The van der Waals surface area contributed by atoms with Crippen molar-refractivity contribution >= 4 is 33.1 Å². The first-order chi connectivity index (χ1) is 12.6. The summed E-state index contributed by atoms with van der Waals surface area (Å²) in [6, 6.07) is 15.7. The fourth-order valence-electron chi connectivity index (χ4n) is 2.73. The Hall–Kier alpha value is -2.40. The van der Waals surface area contributed by atoms with E-state index in [0.717, 1.165) is 35.5 Å². The van der Waals surface area contributed by atoms with E-state index >= 15 is 0 Å². The maximum absolute atomic E-state index is 12.2. The van der Waals surface area contributed by atoms with Crippen molar-refractivity contribution in [3.63, 3.8) is 0 Å². The second-order valence-corrected chi connectivity index (χ2v) is 7.61. The molecule has 0 bridgehead atoms. The van der Waals surface area contributed by atoms with E-state index in [4.69, 9.17) is 4.74 Å². The van der Waals surface area contributed by atoms with Crippen molar-refractivity contribution in [1.29, 1.82) is 0 Å². The Bertz CT molecular complexity index is 840. The molecule has 0 aliphatic carbocycles. The summed E-state index contributed by atoms with van der Waals surface area (Å²) in [5.74, 6) is 0.736. The van der Waals surface area contributed by atoms with E-state index in [1.165, 1.54) is 4.70 Å². The van der Waals surface area contributed by atoms with Gasteiger partial charge in [0.05, 0.1) is 27.0 Å². The Morgan fingerprint density at radius 1 is 1.12 bits per heavy atom. The van der Waals surface area contributed by atoms with Gasteiger partial charge in [-0.3, -0.25) is 4.79 Å². The number of anilines is 1. The molecule has 3 aromatic rings. The Morgan fingerprint density at radius 3 is 2.69 bits per heavy atom. The molecule has 0 fully saturated rings. The molecule has 1 heterocycles. The Labute approximate surface area is 158 Å². The third-order valence-electron chi connectivity index (χ3n) is 3.91. The van der Waals surface area contributed by atoms with Crippen molar-refractivity contribution in [3.8, 4) is 5.75 Å². The Kier molecular flexibility index (Phi) is 6.23. The SMILES string of the molecule is CC(C)Oc1ccccc1NC(=O)CCCCc1nc2ccccc2s1. The van der Waals surface area contributed by atoms with Gasteiger partial charge in [0.25, 0.3) is 0 Å². The third-order valence-corrected chi connectivity index (χ3v) is 5.00. The molecule has 0 radical (unpaired) electrons. The van der Waals surface area contributed by atoms with Gasteiger partial charge in [0, 0.05) is 6.42 Å². The number of unbranched alkanes of at least 4 members (excludes halogenated alkanes) is 1. The fourth-order valence-corrected chi connectivity index (χ4v) is 3.74. The van der Waals surface area contributed by atoms with Crippen LogP contribution in [0.25, 0.3) is 10.2 Å². The lowest BCUT2D eigenvalue weighted by molar-refractivity contribution is -0.116. The van der Waals surface area contributed by atoms with Crippen LogP contribution in [0.3, 0.4) is 0 Å². The summed E-state index contributed by atoms with van der Waals surface area (Å²) >= 11 is 1.74. The minimum Gasteiger partial charge on any atom is -0.489 e. The number of nitrogens with zero attached hydrogens (tertiary/aromatic N) is 1. The summed E-state index contributed by atoms with van der Waals surface area (Å²) in [5, 5.41) is 4.10. The van der Waals surface area contributed by atoms with E-state index in [9.17, 15) is 4.79 Å². The molecule has 1 aromatic heterocycles. The molecule has 1 N–H and O–H groups in total. The molecule has 0 saturated carbocycles. The van der Waals surface area contributed by atoms with E-state index in [0.29, 0.717) is 12.2 Å². The first-order valence-electron chi connectivity index (χ1n) is 9.02. The predicted octanol–water partition coefficient (Wildman–Crippen LogP) is 5.44. The number of amides is 1. The lowest BCUT2D eigenvalue weighted by atomic mass is 10.2. The molecule has 0 unspecified atom stereocenters. The number of aromatic nitrogens is 1. The number of hydrogen-bond acceptors (Lipinski definition) is 4. The minimum absolute atomic E-state index is 0.0223. The maximum Gasteiger partial charge on any atom is 0.224 e. The molecule has 3 rings (SSSR count). The minimum atomic E-state index is 0.0223. The largest absolute Gasteiger partial charge is 0.489 e. The maximum atomic E-state index is 12.2. The van der Waals surface area contributed by atoms with Crippen LogP contribution in [-0.2, 0) is 11.2 Å². The van der Waals surface area contributed by atoms with E-state index in [1.807, 2.05) is 56.3 Å². The average Bonchev–Trinajstić information content (AvgIpc) is 3.03. The topological polar surface area (TPSA) is 51.2 Å². The molecule has 26 heavy (non-hydrogen) atoms. The Morgan fingerprint density at radius 2 is 1.88 bits per heavy atom. The van der Waals surface area contributed by atoms with Gasteiger partial charge in [0.2, 0.25) is 5.91 Å². The first-order valence-corrected chi connectivity index (χ1v) is 9.83. The molecule has 2 aromatic carbocycles. The fraction of sp³-hybridized carbons (Fsp3) is 0.333. The second-order valence-electron chi connectivity index (χ2n) is 6.49. The van der Waals surface area contributed by atoms with Crippen molar-refractivity contribution in [2.24, 2.45) is 0 Å². The number of aryl methyl sites for hydroxylation is 1. The highest BCUT2D eigenvalue weighted by Crippen LogP contribution is 2.25. The number of carbonyl (C=O) groups is 1. The van der Waals surface area contributed by atoms with Crippen LogP contribution in [0.1, 0.15) is 38.1 Å². The number of ether oxygens (including phenoxy) is 1. The van der Waals surface area contributed by atoms with Crippen molar-refractivity contribution in [3.05, 3.63) is 53.5 Å². The van der Waals surface area contributed by atoms with Crippen LogP contribution in [0.4, 0.5) is 5.69 Å². The highest BCUT2D eigenvalue weighted by molar-refractivity contribution is 7.18. The molecule has 1 amide bonds. The van der Waals surface area contributed by atoms with Gasteiger partial charge in [-0.2, -0.15) is 0 Å². The molecule has 4 nitrogen and oxygen atoms in total. The van der Waals surface area contributed by atoms with Crippen molar-refractivity contribution in [1.82, 2.24) is 4.98 Å². The summed E-state index contributed by atoms with van der Waals surface area (Å²) in [7, 11) is 0. The van der Waals surface area contributed by atoms with Crippen molar-refractivity contribution in [2.75, 3.05) is 5.32 Å². The van der Waals surface area contributed by atoms with Gasteiger partial charge in [0.15, 0.2) is 0 Å². The number of carbonyl (C=O) groups excluding carboxylic acids is 1. The smallest absolute Gasteiger partial charge is 0.224 e. The predicted molar refractivity (Wildman–Crippen MR) is 108 cm³/mol. The molecule has 0 saturated heterocycles. The quantitative estimate of drug-likeness (QED) is 0.539. The zero-order valence-corrected chi connectivity index (χ0v) is 16.0. The highest BCUT2D eigenvalue weighted by Gasteiger charge is 2.09. The number of fused-ring (bicyclic) bond motifs is 1. The highest BCUT2D eigenvalue weighted by atomic mass is 32.1. The van der Waals surface area contributed by atoms with Crippen LogP contribution in [0.2, 0.25) is 0 Å². The van der Waals surface area contributed by atoms with Crippen LogP contribution in [0, 0.1) is 0 Å². The molecule has 0 atom stereocenters. The number of thiazole rings is 1. The van der Waals surface area contributed by atoms with Gasteiger partial charge in [-0.05, 0) is 57.4 Å². The zero-order chi connectivity index (χ0) is 18.4. The summed E-state index contributed by atoms with van der Waals surface area (Å²) in [6.07, 6.45) is 3.29. The molecule has 0 aliphatic heterocycles. The summed E-state index contributed by atoms with van der Waals surface area (Å²) in [5.41, 5.74) is 1.80. The van der Waals surface area contributed by atoms with Gasteiger partial charge in [0.1, 0.15) is 5.75 Å². The monoisotopic (exact) mass is 368 g/mol. The van der Waals surface area contributed by atoms with Crippen LogP contribution < -0.4 is 10.1 Å². The lowest BCUT2D eigenvalue weighted by Crippen LogP contribution is -2.14. The number of benzene rings is 2. The van der Waals surface area contributed by atoms with Crippen LogP contribution in [0.5, 0.6) is 5.75 Å². The molecule has 0 aliphatic rings. The molecule has 136 valence electrons. The van der Waals surface area contributed by atoms with Crippen molar-refractivity contribution in [2.45, 2.75) is 45.6 Å². The summed E-state index contributed by atoms with van der Waals surface area (Å²) in [6.45, 7) is 3.95. The van der Waals surface area contributed by atoms with Crippen LogP contribution in [0.15, 0.2) is 48.5 Å². The van der Waals surface area contributed by atoms with Crippen molar-refractivity contribution < 1.29 is 9.53 Å². The number of rotatable bonds is 8. The number of nitrogens with one attached hydrogen (secondary N) is 1. The van der Waals surface area contributed by atoms with Gasteiger partial charge in [-0.1, -0.05) is 24.3 Å². The normalized spacial score (nSPS) is 11.0. The number of hydrogen-bond donors (Lipinski definition) is 1.